The van der Waals surface area contributed by atoms with Crippen molar-refractivity contribution < 1.29 is 0 Å². The van der Waals surface area contributed by atoms with Crippen LogP contribution < -0.4 is 5.32 Å². The number of nitrogens with zero attached hydrogens (tertiary/aromatic N) is 3. The van der Waals surface area contributed by atoms with E-state index in [9.17, 15) is 0 Å². The first-order chi connectivity index (χ1) is 9.85. The highest BCUT2D eigenvalue weighted by Crippen LogP contribution is 2.22. The van der Waals surface area contributed by atoms with E-state index >= 15 is 0 Å². The van der Waals surface area contributed by atoms with Gasteiger partial charge in [-0.15, -0.1) is 0 Å². The van der Waals surface area contributed by atoms with Crippen LogP contribution in [0.1, 0.15) is 31.0 Å². The van der Waals surface area contributed by atoms with E-state index in [0.29, 0.717) is 0 Å². The number of rotatable bonds is 5. The summed E-state index contributed by atoms with van der Waals surface area (Å²) in [5.41, 5.74) is 2.48. The number of hydrogen-bond donors (Lipinski definition) is 1. The van der Waals surface area contributed by atoms with Gasteiger partial charge in [-0.3, -0.25) is 14.8 Å². The maximum Gasteiger partial charge on any atom is 0.0544 e. The highest BCUT2D eigenvalue weighted by atomic mass is 15.3. The molecule has 0 spiro atoms. The van der Waals surface area contributed by atoms with Gasteiger partial charge in [0.05, 0.1) is 5.69 Å². The number of piperazine rings is 1. The van der Waals surface area contributed by atoms with Crippen molar-refractivity contribution in [3.8, 4) is 0 Å². The Hall–Kier alpha value is -0.970. The molecule has 4 heteroatoms. The fourth-order valence-electron chi connectivity index (χ4n) is 3.35. The number of nitrogens with one attached hydrogen (secondary N) is 1. The molecule has 1 aromatic rings. The molecule has 0 radical (unpaired) electrons. The highest BCUT2D eigenvalue weighted by molar-refractivity contribution is 5.14. The number of aromatic nitrogens is 1. The summed E-state index contributed by atoms with van der Waals surface area (Å²) in [4.78, 5) is 9.84. The second-order valence-electron chi connectivity index (χ2n) is 6.01. The third-order valence-electron chi connectivity index (χ3n) is 4.52. The topological polar surface area (TPSA) is 31.4 Å². The van der Waals surface area contributed by atoms with Gasteiger partial charge in [-0.25, -0.2) is 0 Å². The van der Waals surface area contributed by atoms with E-state index in [0.717, 1.165) is 25.7 Å². The van der Waals surface area contributed by atoms with Gasteiger partial charge in [0, 0.05) is 45.0 Å². The van der Waals surface area contributed by atoms with E-state index in [1.165, 1.54) is 50.3 Å². The normalized spacial score (nSPS) is 23.9. The Morgan fingerprint density at radius 3 is 3.05 bits per heavy atom. The minimum absolute atomic E-state index is 0.803. The summed E-state index contributed by atoms with van der Waals surface area (Å²) in [6.45, 7) is 10.0. The highest BCUT2D eigenvalue weighted by Gasteiger charge is 2.30. The average Bonchev–Trinajstić information content (AvgIpc) is 2.94. The van der Waals surface area contributed by atoms with Crippen molar-refractivity contribution in [3.05, 3.63) is 29.6 Å². The van der Waals surface area contributed by atoms with Crippen LogP contribution in [-0.4, -0.2) is 53.5 Å². The fourth-order valence-corrected chi connectivity index (χ4v) is 3.35. The lowest BCUT2D eigenvalue weighted by Gasteiger charge is -2.37. The molecule has 0 aliphatic carbocycles. The van der Waals surface area contributed by atoms with Gasteiger partial charge < -0.3 is 5.32 Å². The SMILES string of the molecule is CCNCc1ccc(CN2CCN3CCCC3C2)nc1. The van der Waals surface area contributed by atoms with Crippen LogP contribution in [0.25, 0.3) is 0 Å². The summed E-state index contributed by atoms with van der Waals surface area (Å²) in [7, 11) is 0. The zero-order valence-corrected chi connectivity index (χ0v) is 12.5. The Morgan fingerprint density at radius 1 is 1.30 bits per heavy atom. The summed E-state index contributed by atoms with van der Waals surface area (Å²) in [6, 6.07) is 5.20. The van der Waals surface area contributed by atoms with Crippen molar-refractivity contribution in [2.24, 2.45) is 0 Å². The van der Waals surface area contributed by atoms with Crippen molar-refractivity contribution in [3.63, 3.8) is 0 Å². The number of fused-ring (bicyclic) bond motifs is 1. The van der Waals surface area contributed by atoms with E-state index in [4.69, 9.17) is 0 Å². The number of pyridine rings is 1. The Balaban J connectivity index is 1.52. The average molecular weight is 274 g/mol. The second-order valence-corrected chi connectivity index (χ2v) is 6.01. The third kappa shape index (κ3) is 3.37. The lowest BCUT2D eigenvalue weighted by Crippen LogP contribution is -2.49. The van der Waals surface area contributed by atoms with E-state index in [2.05, 4.69) is 39.2 Å². The molecule has 3 rings (SSSR count). The largest absolute Gasteiger partial charge is 0.313 e. The summed E-state index contributed by atoms with van der Waals surface area (Å²) in [5, 5.41) is 3.33. The Labute approximate surface area is 122 Å². The summed E-state index contributed by atoms with van der Waals surface area (Å²) in [6.07, 6.45) is 4.78. The van der Waals surface area contributed by atoms with Gasteiger partial charge in [0.25, 0.3) is 0 Å². The Bertz CT molecular complexity index is 417. The zero-order chi connectivity index (χ0) is 13.8. The smallest absolute Gasteiger partial charge is 0.0544 e. The molecular weight excluding hydrogens is 248 g/mol. The molecule has 0 amide bonds. The summed E-state index contributed by atoms with van der Waals surface area (Å²) in [5.74, 6) is 0. The van der Waals surface area contributed by atoms with Crippen molar-refractivity contribution in [2.75, 3.05) is 32.7 Å². The molecule has 0 bridgehead atoms. The van der Waals surface area contributed by atoms with Crippen LogP contribution >= 0.6 is 0 Å². The van der Waals surface area contributed by atoms with Crippen LogP contribution in [0, 0.1) is 0 Å². The van der Waals surface area contributed by atoms with Gasteiger partial charge in [-0.05, 0) is 37.6 Å². The van der Waals surface area contributed by atoms with Crippen LogP contribution in [0.15, 0.2) is 18.3 Å². The molecular formula is C16H26N4. The molecule has 4 nitrogen and oxygen atoms in total. The summed E-state index contributed by atoms with van der Waals surface area (Å²) < 4.78 is 0. The Morgan fingerprint density at radius 2 is 2.25 bits per heavy atom. The van der Waals surface area contributed by atoms with Crippen molar-refractivity contribution in [2.45, 2.75) is 38.9 Å². The molecule has 2 saturated heterocycles. The molecule has 2 fully saturated rings. The minimum atomic E-state index is 0.803. The van der Waals surface area contributed by atoms with Gasteiger partial charge in [0.15, 0.2) is 0 Å². The fraction of sp³-hybridized carbons (Fsp3) is 0.688. The quantitative estimate of drug-likeness (QED) is 0.881. The summed E-state index contributed by atoms with van der Waals surface area (Å²) >= 11 is 0. The molecule has 1 unspecified atom stereocenters. The second kappa shape index (κ2) is 6.66. The lowest BCUT2D eigenvalue weighted by atomic mass is 10.1. The molecule has 2 aliphatic rings. The van der Waals surface area contributed by atoms with Crippen molar-refractivity contribution in [1.82, 2.24) is 20.1 Å². The van der Waals surface area contributed by atoms with E-state index < -0.39 is 0 Å². The molecule has 0 aromatic carbocycles. The van der Waals surface area contributed by atoms with Gasteiger partial charge in [0.2, 0.25) is 0 Å². The monoisotopic (exact) mass is 274 g/mol. The first kappa shape index (κ1) is 14.0. The first-order valence-electron chi connectivity index (χ1n) is 7.96. The standard InChI is InChI=1S/C16H26N4/c1-2-17-10-14-5-6-15(18-11-14)12-19-8-9-20-7-3-4-16(20)13-19/h5-6,11,16-17H,2-4,7-10,12-13H2,1H3. The van der Waals surface area contributed by atoms with Gasteiger partial charge in [-0.1, -0.05) is 13.0 Å². The van der Waals surface area contributed by atoms with Crippen LogP contribution in [0.3, 0.4) is 0 Å². The van der Waals surface area contributed by atoms with Crippen LogP contribution in [0.5, 0.6) is 0 Å². The molecule has 1 N–H and O–H groups in total. The minimum Gasteiger partial charge on any atom is -0.313 e. The van der Waals surface area contributed by atoms with Crippen molar-refractivity contribution >= 4 is 0 Å². The molecule has 1 atom stereocenters. The van der Waals surface area contributed by atoms with Gasteiger partial charge >= 0.3 is 0 Å². The van der Waals surface area contributed by atoms with Crippen molar-refractivity contribution in [1.29, 1.82) is 0 Å². The van der Waals surface area contributed by atoms with E-state index in [1.807, 2.05) is 6.20 Å². The molecule has 0 saturated carbocycles. The van der Waals surface area contributed by atoms with Gasteiger partial charge in [-0.2, -0.15) is 0 Å². The Kier molecular flexibility index (Phi) is 4.65. The molecule has 3 heterocycles. The predicted octanol–water partition coefficient (Wildman–Crippen LogP) is 1.47. The lowest BCUT2D eigenvalue weighted by molar-refractivity contribution is 0.0984. The van der Waals surface area contributed by atoms with E-state index in [1.54, 1.807) is 0 Å². The van der Waals surface area contributed by atoms with Crippen LogP contribution in [-0.2, 0) is 13.1 Å². The van der Waals surface area contributed by atoms with Gasteiger partial charge in [0.1, 0.15) is 0 Å². The molecule has 110 valence electrons. The maximum absolute atomic E-state index is 4.62. The van der Waals surface area contributed by atoms with E-state index in [-0.39, 0.29) is 0 Å². The third-order valence-corrected chi connectivity index (χ3v) is 4.52. The maximum atomic E-state index is 4.62. The molecule has 1 aromatic heterocycles. The molecule has 2 aliphatic heterocycles. The van der Waals surface area contributed by atoms with Crippen LogP contribution in [0.2, 0.25) is 0 Å². The van der Waals surface area contributed by atoms with Crippen LogP contribution in [0.4, 0.5) is 0 Å². The molecule has 20 heavy (non-hydrogen) atoms. The predicted molar refractivity (Wildman–Crippen MR) is 81.5 cm³/mol. The first-order valence-corrected chi connectivity index (χ1v) is 7.96. The zero-order valence-electron chi connectivity index (χ0n) is 12.5. The number of hydrogen-bond acceptors (Lipinski definition) is 4.